The Bertz CT molecular complexity index is 376. The highest BCUT2D eigenvalue weighted by molar-refractivity contribution is 5.85. The molecule has 0 spiro atoms. The smallest absolute Gasteiger partial charge is 0.144 e. The number of pyridine rings is 1. The van der Waals surface area contributed by atoms with E-state index in [-0.39, 0.29) is 11.7 Å². The molecule has 0 N–H and O–H groups in total. The van der Waals surface area contributed by atoms with Crippen LogP contribution in [-0.2, 0) is 16.0 Å². The average molecular weight is 219 g/mol. The molecule has 0 bridgehead atoms. The van der Waals surface area contributed by atoms with Crippen LogP contribution >= 0.6 is 0 Å². The van der Waals surface area contributed by atoms with E-state index < -0.39 is 0 Å². The molecule has 0 saturated heterocycles. The highest BCUT2D eigenvalue weighted by Crippen LogP contribution is 2.31. The van der Waals surface area contributed by atoms with Gasteiger partial charge in [-0.3, -0.25) is 9.78 Å². The Kier molecular flexibility index (Phi) is 3.67. The van der Waals surface area contributed by atoms with Crippen LogP contribution in [0.4, 0.5) is 0 Å². The van der Waals surface area contributed by atoms with Gasteiger partial charge in [0, 0.05) is 19.7 Å². The van der Waals surface area contributed by atoms with Crippen molar-refractivity contribution in [1.82, 2.24) is 4.98 Å². The maximum atomic E-state index is 12.0. The Balaban J connectivity index is 2.15. The lowest BCUT2D eigenvalue weighted by molar-refractivity contribution is -0.121. The summed E-state index contributed by atoms with van der Waals surface area (Å²) in [5.41, 5.74) is 2.24. The predicted molar refractivity (Wildman–Crippen MR) is 61.4 cm³/mol. The Morgan fingerprint density at radius 2 is 2.50 bits per heavy atom. The van der Waals surface area contributed by atoms with Gasteiger partial charge in [-0.1, -0.05) is 6.07 Å². The van der Waals surface area contributed by atoms with E-state index >= 15 is 0 Å². The van der Waals surface area contributed by atoms with E-state index in [1.807, 2.05) is 6.07 Å². The molecule has 1 aromatic rings. The summed E-state index contributed by atoms with van der Waals surface area (Å²) in [5, 5.41) is 0. The molecule has 1 unspecified atom stereocenters. The van der Waals surface area contributed by atoms with Gasteiger partial charge in [-0.15, -0.1) is 0 Å². The lowest BCUT2D eigenvalue weighted by Gasteiger charge is -2.22. The van der Waals surface area contributed by atoms with Crippen LogP contribution in [0.3, 0.4) is 0 Å². The summed E-state index contributed by atoms with van der Waals surface area (Å²) in [7, 11) is 1.63. The van der Waals surface area contributed by atoms with E-state index in [1.54, 1.807) is 13.3 Å². The maximum Gasteiger partial charge on any atom is 0.144 e. The highest BCUT2D eigenvalue weighted by atomic mass is 16.5. The second-order valence-corrected chi connectivity index (χ2v) is 4.20. The van der Waals surface area contributed by atoms with Gasteiger partial charge < -0.3 is 4.74 Å². The molecule has 2 rings (SSSR count). The summed E-state index contributed by atoms with van der Waals surface area (Å²) in [6, 6.07) is 4.03. The Morgan fingerprint density at radius 3 is 3.31 bits per heavy atom. The fourth-order valence-corrected chi connectivity index (χ4v) is 2.30. The zero-order chi connectivity index (χ0) is 11.4. The molecule has 0 radical (unpaired) electrons. The third-order valence-corrected chi connectivity index (χ3v) is 3.14. The van der Waals surface area contributed by atoms with Crippen LogP contribution in [0.5, 0.6) is 0 Å². The molecule has 3 nitrogen and oxygen atoms in total. The van der Waals surface area contributed by atoms with Gasteiger partial charge in [0.05, 0.1) is 18.2 Å². The molecule has 3 heteroatoms. The van der Waals surface area contributed by atoms with Crippen molar-refractivity contribution in [2.45, 2.75) is 31.6 Å². The second kappa shape index (κ2) is 5.21. The summed E-state index contributed by atoms with van der Waals surface area (Å²) in [6.45, 7) is 0.511. The second-order valence-electron chi connectivity index (χ2n) is 4.20. The lowest BCUT2D eigenvalue weighted by Crippen LogP contribution is -2.20. The number of ether oxygens (including phenoxy) is 1. The summed E-state index contributed by atoms with van der Waals surface area (Å²) >= 11 is 0. The minimum Gasteiger partial charge on any atom is -0.384 e. The molecule has 1 aromatic heterocycles. The van der Waals surface area contributed by atoms with Gasteiger partial charge in [0.2, 0.25) is 0 Å². The number of fused-ring (bicyclic) bond motifs is 1. The number of rotatable bonds is 4. The maximum absolute atomic E-state index is 12.0. The fourth-order valence-electron chi connectivity index (χ4n) is 2.30. The summed E-state index contributed by atoms with van der Waals surface area (Å²) in [5.74, 6) is 0.265. The van der Waals surface area contributed by atoms with Crippen LogP contribution < -0.4 is 0 Å². The molecule has 0 aromatic carbocycles. The van der Waals surface area contributed by atoms with Gasteiger partial charge in [0.25, 0.3) is 0 Å². The normalized spacial score (nSPS) is 19.2. The van der Waals surface area contributed by atoms with E-state index in [0.717, 1.165) is 25.0 Å². The van der Waals surface area contributed by atoms with Gasteiger partial charge in [-0.05, 0) is 30.9 Å². The fraction of sp³-hybridized carbons (Fsp3) is 0.538. The minimum absolute atomic E-state index is 0.0000926. The summed E-state index contributed by atoms with van der Waals surface area (Å²) < 4.78 is 4.95. The van der Waals surface area contributed by atoms with E-state index in [4.69, 9.17) is 4.74 Å². The van der Waals surface area contributed by atoms with E-state index in [1.165, 1.54) is 5.56 Å². The Hall–Kier alpha value is -1.22. The molecular formula is C13H17NO2. The largest absolute Gasteiger partial charge is 0.384 e. The van der Waals surface area contributed by atoms with Crippen molar-refractivity contribution in [2.24, 2.45) is 0 Å². The Labute approximate surface area is 95.8 Å². The highest BCUT2D eigenvalue weighted by Gasteiger charge is 2.26. The third kappa shape index (κ3) is 2.30. The molecule has 0 fully saturated rings. The zero-order valence-electron chi connectivity index (χ0n) is 9.61. The van der Waals surface area contributed by atoms with Crippen molar-refractivity contribution >= 4 is 5.78 Å². The first kappa shape index (κ1) is 11.3. The van der Waals surface area contributed by atoms with Crippen molar-refractivity contribution in [2.75, 3.05) is 13.7 Å². The van der Waals surface area contributed by atoms with Crippen molar-refractivity contribution in [3.8, 4) is 0 Å². The molecule has 16 heavy (non-hydrogen) atoms. The number of aromatic nitrogens is 1. The van der Waals surface area contributed by atoms with Gasteiger partial charge in [0.1, 0.15) is 5.78 Å². The van der Waals surface area contributed by atoms with Crippen LogP contribution in [-0.4, -0.2) is 24.5 Å². The molecule has 0 amide bonds. The number of hydrogen-bond donors (Lipinski definition) is 0. The number of carbonyl (C=O) groups excluding carboxylic acids is 1. The van der Waals surface area contributed by atoms with Crippen molar-refractivity contribution in [3.63, 3.8) is 0 Å². The predicted octanol–water partition coefficient (Wildman–Crippen LogP) is 2.11. The monoisotopic (exact) mass is 219 g/mol. The first-order chi connectivity index (χ1) is 7.83. The van der Waals surface area contributed by atoms with Crippen molar-refractivity contribution in [1.29, 1.82) is 0 Å². The number of aryl methyl sites for hydroxylation is 1. The van der Waals surface area contributed by atoms with E-state index in [9.17, 15) is 4.79 Å². The zero-order valence-corrected chi connectivity index (χ0v) is 9.61. The van der Waals surface area contributed by atoms with Crippen molar-refractivity contribution < 1.29 is 9.53 Å². The van der Waals surface area contributed by atoms with Gasteiger partial charge in [-0.2, -0.15) is 0 Å². The molecule has 0 aliphatic heterocycles. The molecule has 1 atom stereocenters. The first-order valence-electron chi connectivity index (χ1n) is 5.78. The van der Waals surface area contributed by atoms with Gasteiger partial charge in [-0.25, -0.2) is 0 Å². The third-order valence-electron chi connectivity index (χ3n) is 3.14. The summed E-state index contributed by atoms with van der Waals surface area (Å²) in [4.78, 5) is 16.4. The lowest BCUT2D eigenvalue weighted by atomic mass is 9.83. The summed E-state index contributed by atoms with van der Waals surface area (Å²) in [6.07, 6.45) is 5.35. The number of ketones is 1. The SMILES string of the molecule is COCCC(=O)C1CCCc2cccnc21. The number of nitrogens with zero attached hydrogens (tertiary/aromatic N) is 1. The van der Waals surface area contributed by atoms with Crippen molar-refractivity contribution in [3.05, 3.63) is 29.6 Å². The van der Waals surface area contributed by atoms with Crippen LogP contribution in [0.2, 0.25) is 0 Å². The Morgan fingerprint density at radius 1 is 1.62 bits per heavy atom. The molecule has 86 valence electrons. The van der Waals surface area contributed by atoms with Crippen LogP contribution in [0.1, 0.15) is 36.4 Å². The van der Waals surface area contributed by atoms with E-state index in [0.29, 0.717) is 13.0 Å². The van der Waals surface area contributed by atoms with E-state index in [2.05, 4.69) is 11.1 Å². The molecule has 1 heterocycles. The molecule has 1 aliphatic rings. The minimum atomic E-state index is 0.0000926. The van der Waals surface area contributed by atoms with Gasteiger partial charge >= 0.3 is 0 Å². The topological polar surface area (TPSA) is 39.2 Å². The molecule has 1 aliphatic carbocycles. The average Bonchev–Trinajstić information content (AvgIpc) is 2.35. The number of hydrogen-bond acceptors (Lipinski definition) is 3. The first-order valence-corrected chi connectivity index (χ1v) is 5.78. The van der Waals surface area contributed by atoms with Gasteiger partial charge in [0.15, 0.2) is 0 Å². The number of Topliss-reactive ketones (excluding diaryl/α,β-unsaturated/α-hetero) is 1. The van der Waals surface area contributed by atoms with Crippen LogP contribution in [0.25, 0.3) is 0 Å². The van der Waals surface area contributed by atoms with Crippen LogP contribution in [0.15, 0.2) is 18.3 Å². The van der Waals surface area contributed by atoms with Crippen LogP contribution in [0, 0.1) is 0 Å². The molecule has 0 saturated carbocycles. The molecular weight excluding hydrogens is 202 g/mol. The number of carbonyl (C=O) groups is 1. The number of methoxy groups -OCH3 is 1. The quantitative estimate of drug-likeness (QED) is 0.778. The standard InChI is InChI=1S/C13H17NO2/c1-16-9-7-12(15)11-6-2-4-10-5-3-8-14-13(10)11/h3,5,8,11H,2,4,6-7,9H2,1H3.